The van der Waals surface area contributed by atoms with Crippen LogP contribution in [-0.2, 0) is 30.7 Å². The van der Waals surface area contributed by atoms with E-state index in [0.29, 0.717) is 34.5 Å². The third kappa shape index (κ3) is 7.21. The SMILES string of the molecule is CC(=O)c1nn(CC(=O)N2C[C@H](F)C[C@H]2C(=O)Nc2cccc(Br)n2)c2ccc(OCCS(=O)(=O)CC3(C)COC3)cc12. The normalized spacial score (nSPS) is 19.7. The minimum atomic E-state index is -3.36. The number of ketones is 1. The molecule has 0 spiro atoms. The molecule has 0 unspecified atom stereocenters. The quantitative estimate of drug-likeness (QED) is 0.238. The standard InChI is InChI=1S/C28H31BrFN5O7S/c1-17(36)26-20-11-19(42-8-9-43(39,40)16-28(2)14-41-15-28)6-7-21(20)35(33-26)13-25(37)34-12-18(30)10-22(34)27(38)32-24-5-3-4-23(29)31-24/h3-7,11,18,22H,8-10,12-16H2,1-2H3,(H,31,32,38)/t18-,22+/m1/s1. The Morgan fingerprint density at radius 1 is 1.23 bits per heavy atom. The number of hydrogen-bond acceptors (Lipinski definition) is 9. The Labute approximate surface area is 256 Å². The number of ether oxygens (including phenoxy) is 2. The van der Waals surface area contributed by atoms with Crippen LogP contribution in [0.4, 0.5) is 10.2 Å². The topological polar surface area (TPSA) is 150 Å². The second-order valence-electron chi connectivity index (χ2n) is 11.2. The average Bonchev–Trinajstić information content (AvgIpc) is 3.48. The van der Waals surface area contributed by atoms with Crippen molar-refractivity contribution in [1.82, 2.24) is 19.7 Å². The van der Waals surface area contributed by atoms with Gasteiger partial charge in [0.05, 0.1) is 36.8 Å². The predicted molar refractivity (Wildman–Crippen MR) is 158 cm³/mol. The van der Waals surface area contributed by atoms with Gasteiger partial charge in [-0.3, -0.25) is 19.1 Å². The van der Waals surface area contributed by atoms with Crippen molar-refractivity contribution < 1.29 is 36.7 Å². The van der Waals surface area contributed by atoms with E-state index in [1.165, 1.54) is 16.5 Å². The van der Waals surface area contributed by atoms with E-state index in [1.807, 2.05) is 6.92 Å². The highest BCUT2D eigenvalue weighted by Gasteiger charge is 2.40. The second-order valence-corrected chi connectivity index (χ2v) is 14.2. The first-order valence-electron chi connectivity index (χ1n) is 13.6. The molecule has 0 bridgehead atoms. The summed E-state index contributed by atoms with van der Waals surface area (Å²) in [7, 11) is -3.36. The molecule has 12 nitrogen and oxygen atoms in total. The number of rotatable bonds is 11. The molecule has 15 heteroatoms. The summed E-state index contributed by atoms with van der Waals surface area (Å²) in [5.74, 6) is -1.02. The number of hydrogen-bond donors (Lipinski definition) is 1. The van der Waals surface area contributed by atoms with E-state index in [1.54, 1.807) is 36.4 Å². The van der Waals surface area contributed by atoms with Gasteiger partial charge in [-0.1, -0.05) is 13.0 Å². The fourth-order valence-electron chi connectivity index (χ4n) is 5.27. The fraction of sp³-hybridized carbons (Fsp3) is 0.464. The maximum atomic E-state index is 14.4. The van der Waals surface area contributed by atoms with Crippen LogP contribution in [0.2, 0.25) is 0 Å². The number of Topliss-reactive ketones (excluding diaryl/α,β-unsaturated/α-hetero) is 1. The van der Waals surface area contributed by atoms with Crippen LogP contribution in [0.5, 0.6) is 5.75 Å². The number of benzene rings is 1. The molecule has 1 aromatic carbocycles. The van der Waals surface area contributed by atoms with Crippen molar-refractivity contribution in [3.63, 3.8) is 0 Å². The summed E-state index contributed by atoms with van der Waals surface area (Å²) in [6, 6.07) is 8.69. The van der Waals surface area contributed by atoms with Crippen molar-refractivity contribution in [2.45, 2.75) is 39.0 Å². The molecule has 0 saturated carbocycles. The number of anilines is 1. The third-order valence-corrected chi connectivity index (χ3v) is 9.68. The lowest BCUT2D eigenvalue weighted by atomic mass is 9.92. The van der Waals surface area contributed by atoms with Crippen molar-refractivity contribution in [2.75, 3.05) is 43.2 Å². The van der Waals surface area contributed by atoms with Crippen molar-refractivity contribution in [2.24, 2.45) is 5.41 Å². The highest BCUT2D eigenvalue weighted by atomic mass is 79.9. The number of sulfone groups is 1. The number of nitrogens with one attached hydrogen (secondary N) is 1. The van der Waals surface area contributed by atoms with E-state index in [2.05, 4.69) is 31.3 Å². The van der Waals surface area contributed by atoms with Crippen molar-refractivity contribution >= 4 is 60.1 Å². The van der Waals surface area contributed by atoms with Gasteiger partial charge in [-0.25, -0.2) is 17.8 Å². The maximum Gasteiger partial charge on any atom is 0.248 e. The largest absolute Gasteiger partial charge is 0.493 e. The lowest BCUT2D eigenvalue weighted by Crippen LogP contribution is -2.45. The fourth-order valence-corrected chi connectivity index (χ4v) is 7.32. The van der Waals surface area contributed by atoms with Gasteiger partial charge < -0.3 is 19.7 Å². The molecule has 2 aromatic heterocycles. The van der Waals surface area contributed by atoms with Crippen LogP contribution in [0, 0.1) is 5.41 Å². The number of carbonyl (C=O) groups excluding carboxylic acids is 3. The average molecular weight is 681 g/mol. The van der Waals surface area contributed by atoms with Gasteiger partial charge in [-0.2, -0.15) is 5.10 Å². The number of aromatic nitrogens is 3. The van der Waals surface area contributed by atoms with Crippen LogP contribution in [0.25, 0.3) is 10.9 Å². The number of halogens is 2. The van der Waals surface area contributed by atoms with Gasteiger partial charge in [0.25, 0.3) is 0 Å². The van der Waals surface area contributed by atoms with E-state index in [4.69, 9.17) is 9.47 Å². The van der Waals surface area contributed by atoms with Crippen LogP contribution in [0.1, 0.15) is 30.8 Å². The van der Waals surface area contributed by atoms with Crippen molar-refractivity contribution in [3.8, 4) is 5.75 Å². The van der Waals surface area contributed by atoms with Gasteiger partial charge >= 0.3 is 0 Å². The monoisotopic (exact) mass is 679 g/mol. The highest BCUT2D eigenvalue weighted by Crippen LogP contribution is 2.29. The molecule has 3 aromatic rings. The Bertz CT molecular complexity index is 1680. The molecule has 4 heterocycles. The molecular formula is C28H31BrFN5O7S. The molecule has 5 rings (SSSR count). The number of fused-ring (bicyclic) bond motifs is 1. The zero-order chi connectivity index (χ0) is 30.9. The third-order valence-electron chi connectivity index (χ3n) is 7.31. The van der Waals surface area contributed by atoms with Crippen LogP contribution in [0.15, 0.2) is 41.0 Å². The van der Waals surface area contributed by atoms with Gasteiger partial charge in [0.15, 0.2) is 15.6 Å². The number of alkyl halides is 1. The van der Waals surface area contributed by atoms with Gasteiger partial charge in [0.2, 0.25) is 11.8 Å². The summed E-state index contributed by atoms with van der Waals surface area (Å²) >= 11 is 3.23. The van der Waals surface area contributed by atoms with E-state index in [0.717, 1.165) is 0 Å². The minimum Gasteiger partial charge on any atom is -0.493 e. The number of amides is 2. The Morgan fingerprint density at radius 3 is 2.67 bits per heavy atom. The smallest absolute Gasteiger partial charge is 0.248 e. The molecule has 2 amide bonds. The van der Waals surface area contributed by atoms with Crippen LogP contribution < -0.4 is 10.1 Å². The summed E-state index contributed by atoms with van der Waals surface area (Å²) in [5, 5.41) is 7.37. The summed E-state index contributed by atoms with van der Waals surface area (Å²) in [5.41, 5.74) is 0.172. The zero-order valence-electron chi connectivity index (χ0n) is 23.6. The van der Waals surface area contributed by atoms with Crippen LogP contribution in [0.3, 0.4) is 0 Å². The second kappa shape index (κ2) is 12.3. The summed E-state index contributed by atoms with van der Waals surface area (Å²) < 4.78 is 52.1. The first-order valence-corrected chi connectivity index (χ1v) is 16.2. The van der Waals surface area contributed by atoms with E-state index >= 15 is 0 Å². The summed E-state index contributed by atoms with van der Waals surface area (Å²) in [4.78, 5) is 44.0. The molecule has 0 aliphatic carbocycles. The number of nitrogens with zero attached hydrogens (tertiary/aromatic N) is 4. The van der Waals surface area contributed by atoms with E-state index in [-0.39, 0.29) is 60.3 Å². The van der Waals surface area contributed by atoms with Crippen molar-refractivity contribution in [3.05, 3.63) is 46.7 Å². The highest BCUT2D eigenvalue weighted by molar-refractivity contribution is 9.10. The zero-order valence-corrected chi connectivity index (χ0v) is 26.0. The molecule has 2 fully saturated rings. The molecule has 2 aliphatic rings. The number of carbonyl (C=O) groups is 3. The molecule has 2 aliphatic heterocycles. The van der Waals surface area contributed by atoms with Gasteiger partial charge in [0.1, 0.15) is 47.2 Å². The van der Waals surface area contributed by atoms with Gasteiger partial charge in [0, 0.05) is 24.1 Å². The molecule has 1 N–H and O–H groups in total. The lowest BCUT2D eigenvalue weighted by molar-refractivity contribution is -0.137. The molecular weight excluding hydrogens is 649 g/mol. The summed E-state index contributed by atoms with van der Waals surface area (Å²) in [6.45, 7) is 3.35. The number of pyridine rings is 1. The number of likely N-dealkylation sites (tertiary alicyclic amines) is 1. The summed E-state index contributed by atoms with van der Waals surface area (Å²) in [6.07, 6.45) is -1.54. The first-order chi connectivity index (χ1) is 20.3. The van der Waals surface area contributed by atoms with Gasteiger partial charge in [-0.15, -0.1) is 0 Å². The molecule has 0 radical (unpaired) electrons. The molecule has 2 saturated heterocycles. The van der Waals surface area contributed by atoms with E-state index in [9.17, 15) is 27.2 Å². The molecule has 2 atom stereocenters. The first kappa shape index (κ1) is 31.0. The van der Waals surface area contributed by atoms with Gasteiger partial charge in [-0.05, 0) is 46.3 Å². The van der Waals surface area contributed by atoms with E-state index < -0.39 is 33.9 Å². The Balaban J connectivity index is 1.28. The Morgan fingerprint density at radius 2 is 2.00 bits per heavy atom. The minimum absolute atomic E-state index is 0.0152. The predicted octanol–water partition coefficient (Wildman–Crippen LogP) is 2.80. The van der Waals surface area contributed by atoms with Crippen LogP contribution in [-0.4, -0.2) is 95.8 Å². The molecule has 43 heavy (non-hydrogen) atoms. The molecule has 230 valence electrons. The Hall–Kier alpha value is -3.43. The Kier molecular flexibility index (Phi) is 8.86. The van der Waals surface area contributed by atoms with Crippen molar-refractivity contribution in [1.29, 1.82) is 0 Å². The van der Waals surface area contributed by atoms with Crippen LogP contribution >= 0.6 is 15.9 Å². The maximum absolute atomic E-state index is 14.4. The lowest BCUT2D eigenvalue weighted by Gasteiger charge is -2.37.